The molecule has 0 aromatic carbocycles. The zero-order valence-corrected chi connectivity index (χ0v) is 25.9. The van der Waals surface area contributed by atoms with Gasteiger partial charge in [0.05, 0.1) is 5.69 Å². The van der Waals surface area contributed by atoms with Gasteiger partial charge in [0.1, 0.15) is 6.33 Å². The van der Waals surface area contributed by atoms with Gasteiger partial charge in [0.25, 0.3) is 0 Å². The fraction of sp³-hybridized carbons (Fsp3) is 0.594. The topological polar surface area (TPSA) is 64.5 Å². The molecule has 0 N–H and O–H groups in total. The molecule has 0 amide bonds. The summed E-state index contributed by atoms with van der Waals surface area (Å²) in [5, 5.41) is 0. The number of aromatic nitrogens is 5. The van der Waals surface area contributed by atoms with E-state index in [0.717, 1.165) is 11.4 Å². The van der Waals surface area contributed by atoms with Crippen LogP contribution in [0.5, 0.6) is 0 Å². The Balaban J connectivity index is 0. The molecule has 5 nitrogen and oxygen atoms in total. The molecule has 5 heteroatoms. The van der Waals surface area contributed by atoms with E-state index in [9.17, 15) is 0 Å². The fourth-order valence-corrected chi connectivity index (χ4v) is 3.17. The van der Waals surface area contributed by atoms with Crippen molar-refractivity contribution in [3.05, 3.63) is 77.7 Å². The average molecular weight is 510 g/mol. The zero-order valence-electron chi connectivity index (χ0n) is 25.9. The zero-order chi connectivity index (χ0) is 28.6. The van der Waals surface area contributed by atoms with E-state index in [1.165, 1.54) is 42.6 Å². The Morgan fingerprint density at radius 1 is 0.568 bits per heavy atom. The van der Waals surface area contributed by atoms with E-state index in [1.54, 1.807) is 31.1 Å². The van der Waals surface area contributed by atoms with Crippen LogP contribution in [0.3, 0.4) is 0 Å². The number of pyridine rings is 1. The molecule has 0 bridgehead atoms. The third kappa shape index (κ3) is 15.9. The number of rotatable bonds is 3. The maximum absolute atomic E-state index is 4.71. The Morgan fingerprint density at radius 3 is 1.59 bits per heavy atom. The Kier molecular flexibility index (Phi) is 23.4. The van der Waals surface area contributed by atoms with E-state index in [2.05, 4.69) is 73.6 Å². The highest BCUT2D eigenvalue weighted by molar-refractivity contribution is 5.26. The van der Waals surface area contributed by atoms with Crippen molar-refractivity contribution in [3.63, 3.8) is 0 Å². The normalized spacial score (nSPS) is 11.0. The lowest BCUT2D eigenvalue weighted by Crippen LogP contribution is -2.07. The summed E-state index contributed by atoms with van der Waals surface area (Å²) in [6.07, 6.45) is 13.6. The third-order valence-electron chi connectivity index (χ3n) is 5.16. The quantitative estimate of drug-likeness (QED) is 0.352. The summed E-state index contributed by atoms with van der Waals surface area (Å²) in [7, 11) is 0. The molecule has 4 rings (SSSR count). The molecule has 208 valence electrons. The van der Waals surface area contributed by atoms with Crippen LogP contribution in [-0.2, 0) is 12.8 Å². The number of fused-ring (bicyclic) bond motifs is 1. The van der Waals surface area contributed by atoms with Crippen molar-refractivity contribution in [3.8, 4) is 0 Å². The smallest absolute Gasteiger partial charge is 0.115 e. The summed E-state index contributed by atoms with van der Waals surface area (Å²) < 4.78 is 0. The van der Waals surface area contributed by atoms with E-state index in [0.29, 0.717) is 17.8 Å². The van der Waals surface area contributed by atoms with E-state index in [1.807, 2.05) is 47.6 Å². The van der Waals surface area contributed by atoms with Crippen LogP contribution in [0.2, 0.25) is 0 Å². The third-order valence-corrected chi connectivity index (χ3v) is 5.16. The standard InChI is InChI=1S/C12H17N.2C7H10N2.3C2H6/c1-9(2)11-8-7-10-5-3-4-6-12(10)13-11;1-6(2)7-5-8-3-4-9-7;1-6(2)7-3-4-8-5-9-7;3*1-2/h7-9H,3-6H2,1-2H3;2*3-6H,1-2H3;3*1-2H3. The minimum Gasteiger partial charge on any atom is -0.261 e. The lowest BCUT2D eigenvalue weighted by molar-refractivity contribution is 0.657. The summed E-state index contributed by atoms with van der Waals surface area (Å²) >= 11 is 0. The first-order valence-electron chi connectivity index (χ1n) is 14.4. The Bertz CT molecular complexity index is 835. The van der Waals surface area contributed by atoms with Crippen LogP contribution in [0, 0.1) is 0 Å². The molecule has 0 saturated heterocycles. The minimum atomic E-state index is 0.485. The maximum atomic E-state index is 4.71. The van der Waals surface area contributed by atoms with E-state index >= 15 is 0 Å². The van der Waals surface area contributed by atoms with Crippen LogP contribution in [0.4, 0.5) is 0 Å². The molecular formula is C32H55N5. The second-order valence-corrected chi connectivity index (χ2v) is 8.78. The van der Waals surface area contributed by atoms with Gasteiger partial charge in [-0.25, -0.2) is 9.97 Å². The Morgan fingerprint density at radius 2 is 1.16 bits per heavy atom. The van der Waals surface area contributed by atoms with Crippen molar-refractivity contribution < 1.29 is 0 Å². The molecule has 3 aromatic rings. The van der Waals surface area contributed by atoms with Crippen molar-refractivity contribution in [2.24, 2.45) is 0 Å². The number of hydrogen-bond donors (Lipinski definition) is 0. The Hall–Kier alpha value is -2.69. The first-order valence-corrected chi connectivity index (χ1v) is 14.4. The highest BCUT2D eigenvalue weighted by Gasteiger charge is 2.11. The molecule has 37 heavy (non-hydrogen) atoms. The van der Waals surface area contributed by atoms with E-state index in [-0.39, 0.29) is 0 Å². The molecule has 0 spiro atoms. The highest BCUT2D eigenvalue weighted by Crippen LogP contribution is 2.22. The molecule has 0 aliphatic heterocycles. The number of nitrogens with zero attached hydrogens (tertiary/aromatic N) is 5. The van der Waals surface area contributed by atoms with Crippen molar-refractivity contribution in [2.45, 2.75) is 127 Å². The van der Waals surface area contributed by atoms with Crippen molar-refractivity contribution in [2.75, 3.05) is 0 Å². The molecule has 0 atom stereocenters. The van der Waals surface area contributed by atoms with Crippen LogP contribution in [0.25, 0.3) is 0 Å². The van der Waals surface area contributed by atoms with Gasteiger partial charge in [-0.3, -0.25) is 15.0 Å². The van der Waals surface area contributed by atoms with Crippen molar-refractivity contribution in [1.82, 2.24) is 24.9 Å². The molecule has 1 aliphatic carbocycles. The van der Waals surface area contributed by atoms with Gasteiger partial charge < -0.3 is 0 Å². The maximum Gasteiger partial charge on any atom is 0.115 e. The van der Waals surface area contributed by atoms with Gasteiger partial charge in [-0.1, -0.05) is 89.2 Å². The molecule has 3 aromatic heterocycles. The highest BCUT2D eigenvalue weighted by atomic mass is 14.8. The molecule has 0 saturated carbocycles. The summed E-state index contributed by atoms with van der Waals surface area (Å²) in [4.78, 5) is 20.7. The van der Waals surface area contributed by atoms with Crippen molar-refractivity contribution >= 4 is 0 Å². The second-order valence-electron chi connectivity index (χ2n) is 8.78. The second kappa shape index (κ2) is 23.7. The summed E-state index contributed by atoms with van der Waals surface area (Å²) in [6.45, 7) is 24.8. The first kappa shape index (κ1) is 36.5. The van der Waals surface area contributed by atoms with Crippen molar-refractivity contribution in [1.29, 1.82) is 0 Å². The van der Waals surface area contributed by atoms with Gasteiger partial charge in [0, 0.05) is 41.9 Å². The predicted octanol–water partition coefficient (Wildman–Crippen LogP) is 9.36. The monoisotopic (exact) mass is 509 g/mol. The van der Waals surface area contributed by atoms with Crippen LogP contribution < -0.4 is 0 Å². The van der Waals surface area contributed by atoms with Gasteiger partial charge in [-0.05, 0) is 61.1 Å². The largest absolute Gasteiger partial charge is 0.261 e. The summed E-state index contributed by atoms with van der Waals surface area (Å²) in [5.41, 5.74) is 6.25. The van der Waals surface area contributed by atoms with Gasteiger partial charge >= 0.3 is 0 Å². The van der Waals surface area contributed by atoms with Crippen LogP contribution in [0.15, 0.2) is 49.3 Å². The summed E-state index contributed by atoms with van der Waals surface area (Å²) in [5.74, 6) is 1.55. The number of hydrogen-bond acceptors (Lipinski definition) is 5. The fourth-order valence-electron chi connectivity index (χ4n) is 3.17. The predicted molar refractivity (Wildman–Crippen MR) is 161 cm³/mol. The lowest BCUT2D eigenvalue weighted by atomic mass is 9.95. The average Bonchev–Trinajstić information content (AvgIpc) is 2.97. The van der Waals surface area contributed by atoms with Gasteiger partial charge in [0.15, 0.2) is 0 Å². The van der Waals surface area contributed by atoms with Gasteiger partial charge in [0.2, 0.25) is 0 Å². The molecule has 0 fully saturated rings. The van der Waals surface area contributed by atoms with E-state index < -0.39 is 0 Å². The SMILES string of the molecule is CC.CC.CC.CC(C)c1ccc2c(n1)CCCC2.CC(C)c1ccncn1.CC(C)c1cnccn1. The molecule has 3 heterocycles. The minimum absolute atomic E-state index is 0.485. The molecule has 0 radical (unpaired) electrons. The first-order chi connectivity index (χ1) is 17.9. The number of aryl methyl sites for hydroxylation is 2. The van der Waals surface area contributed by atoms with Gasteiger partial charge in [-0.15, -0.1) is 0 Å². The van der Waals surface area contributed by atoms with Crippen LogP contribution in [0.1, 0.15) is 142 Å². The van der Waals surface area contributed by atoms with Crippen LogP contribution in [-0.4, -0.2) is 24.9 Å². The summed E-state index contributed by atoms with van der Waals surface area (Å²) in [6, 6.07) is 6.40. The molecule has 0 unspecified atom stereocenters. The molecule has 1 aliphatic rings. The van der Waals surface area contributed by atoms with E-state index in [4.69, 9.17) is 4.98 Å². The van der Waals surface area contributed by atoms with Gasteiger partial charge in [-0.2, -0.15) is 0 Å². The van der Waals surface area contributed by atoms with Crippen LogP contribution >= 0.6 is 0 Å². The lowest BCUT2D eigenvalue weighted by Gasteiger charge is -2.16. The molecular weight excluding hydrogens is 454 g/mol. The Labute approximate surface area is 229 Å².